The summed E-state index contributed by atoms with van der Waals surface area (Å²) in [4.78, 5) is 12.9. The molecule has 0 heterocycles. The molecule has 2 aromatic rings. The van der Waals surface area contributed by atoms with E-state index in [-0.39, 0.29) is 21.5 Å². The summed E-state index contributed by atoms with van der Waals surface area (Å²) in [5, 5.41) is 3.21. The molecule has 0 aliphatic carbocycles. The smallest absolute Gasteiger partial charge is 0.253 e. The molecule has 0 aliphatic heterocycles. The highest BCUT2D eigenvalue weighted by Gasteiger charge is 2.23. The topological polar surface area (TPSA) is 66.5 Å². The molecule has 0 aliphatic rings. The number of sulfonamides is 1. The van der Waals surface area contributed by atoms with Gasteiger partial charge in [-0.1, -0.05) is 55.8 Å². The van der Waals surface area contributed by atoms with Crippen molar-refractivity contribution < 1.29 is 13.2 Å². The Kier molecular flexibility index (Phi) is 7.03. The lowest BCUT2D eigenvalue weighted by Gasteiger charge is -2.22. The van der Waals surface area contributed by atoms with E-state index in [1.54, 1.807) is 0 Å². The molecule has 7 heteroatoms. The molecule has 0 aromatic heterocycles. The summed E-state index contributed by atoms with van der Waals surface area (Å²) < 4.78 is 25.8. The van der Waals surface area contributed by atoms with Crippen molar-refractivity contribution in [2.75, 3.05) is 14.1 Å². The van der Waals surface area contributed by atoms with E-state index in [1.165, 1.54) is 32.3 Å². The lowest BCUT2D eigenvalue weighted by Crippen LogP contribution is -2.30. The van der Waals surface area contributed by atoms with Crippen LogP contribution in [0.25, 0.3) is 0 Å². The van der Waals surface area contributed by atoms with Gasteiger partial charge in [-0.05, 0) is 36.1 Å². The van der Waals surface area contributed by atoms with Crippen LogP contribution in [0.3, 0.4) is 0 Å². The highest BCUT2D eigenvalue weighted by atomic mass is 35.5. The van der Waals surface area contributed by atoms with Crippen LogP contribution in [-0.2, 0) is 10.0 Å². The molecular weight excluding hydrogens is 384 g/mol. The number of hydrogen-bond acceptors (Lipinski definition) is 3. The van der Waals surface area contributed by atoms with Crippen molar-refractivity contribution in [3.05, 3.63) is 64.7 Å². The first-order valence-electron chi connectivity index (χ1n) is 8.70. The van der Waals surface area contributed by atoms with Crippen LogP contribution in [0.15, 0.2) is 53.4 Å². The molecule has 0 unspecified atom stereocenters. The summed E-state index contributed by atoms with van der Waals surface area (Å²) >= 11 is 6.19. The predicted octanol–water partition coefficient (Wildman–Crippen LogP) is 4.11. The van der Waals surface area contributed by atoms with Crippen LogP contribution >= 0.6 is 11.6 Å². The van der Waals surface area contributed by atoms with E-state index >= 15 is 0 Å². The summed E-state index contributed by atoms with van der Waals surface area (Å²) in [6.45, 7) is 4.17. The Bertz CT molecular complexity index is 897. The fourth-order valence-electron chi connectivity index (χ4n) is 2.72. The third-order valence-electron chi connectivity index (χ3n) is 4.18. The predicted molar refractivity (Wildman–Crippen MR) is 108 cm³/mol. The van der Waals surface area contributed by atoms with E-state index in [2.05, 4.69) is 19.2 Å². The van der Waals surface area contributed by atoms with Crippen LogP contribution in [0.1, 0.15) is 42.2 Å². The Hall–Kier alpha value is -1.89. The minimum absolute atomic E-state index is 0.0298. The molecule has 0 saturated heterocycles. The minimum atomic E-state index is -3.65. The number of benzene rings is 2. The number of halogens is 1. The zero-order valence-corrected chi connectivity index (χ0v) is 17.5. The standard InChI is InChI=1S/C20H25ClN2O3S/c1-14(2)12-19(15-8-6-5-7-9-15)22-20(24)17-13-16(10-11-18(17)21)27(25,26)23(3)4/h5-11,13-14,19H,12H2,1-4H3,(H,22,24)/t19-/m1/s1. The maximum atomic E-state index is 12.9. The number of nitrogens with zero attached hydrogens (tertiary/aromatic N) is 1. The molecule has 0 radical (unpaired) electrons. The number of amides is 1. The van der Waals surface area contributed by atoms with Crippen LogP contribution in [-0.4, -0.2) is 32.7 Å². The van der Waals surface area contributed by atoms with Gasteiger partial charge >= 0.3 is 0 Å². The van der Waals surface area contributed by atoms with Crippen molar-refractivity contribution in [1.82, 2.24) is 9.62 Å². The lowest BCUT2D eigenvalue weighted by molar-refractivity contribution is 0.0932. The highest BCUT2D eigenvalue weighted by molar-refractivity contribution is 7.89. The van der Waals surface area contributed by atoms with Crippen molar-refractivity contribution in [2.24, 2.45) is 5.92 Å². The van der Waals surface area contributed by atoms with E-state index in [0.29, 0.717) is 5.92 Å². The normalized spacial score (nSPS) is 13.0. The average molecular weight is 409 g/mol. The van der Waals surface area contributed by atoms with E-state index in [9.17, 15) is 13.2 Å². The van der Waals surface area contributed by atoms with Gasteiger partial charge in [-0.3, -0.25) is 4.79 Å². The number of rotatable bonds is 7. The Morgan fingerprint density at radius 2 is 1.74 bits per heavy atom. The molecule has 0 saturated carbocycles. The molecule has 0 bridgehead atoms. The van der Waals surface area contributed by atoms with Gasteiger partial charge in [0.05, 0.1) is 21.5 Å². The second-order valence-corrected chi connectivity index (χ2v) is 9.55. The first-order chi connectivity index (χ1) is 12.6. The molecule has 1 atom stereocenters. The minimum Gasteiger partial charge on any atom is -0.345 e. The molecule has 0 fully saturated rings. The second-order valence-electron chi connectivity index (χ2n) is 7.00. The Balaban J connectivity index is 2.35. The van der Waals surface area contributed by atoms with Crippen molar-refractivity contribution in [2.45, 2.75) is 31.2 Å². The maximum absolute atomic E-state index is 12.9. The Labute approximate surface area is 166 Å². The second kappa shape index (κ2) is 8.87. The van der Waals surface area contributed by atoms with Crippen molar-refractivity contribution in [3.8, 4) is 0 Å². The Morgan fingerprint density at radius 1 is 1.11 bits per heavy atom. The van der Waals surface area contributed by atoms with Crippen LogP contribution in [0, 0.1) is 5.92 Å². The number of carbonyl (C=O) groups is 1. The van der Waals surface area contributed by atoms with Gasteiger partial charge < -0.3 is 5.32 Å². The van der Waals surface area contributed by atoms with Gasteiger partial charge in [0.2, 0.25) is 10.0 Å². The van der Waals surface area contributed by atoms with Crippen LogP contribution in [0.2, 0.25) is 5.02 Å². The van der Waals surface area contributed by atoms with Crippen LogP contribution in [0.4, 0.5) is 0 Å². The van der Waals surface area contributed by atoms with Gasteiger partial charge in [-0.2, -0.15) is 0 Å². The average Bonchev–Trinajstić information content (AvgIpc) is 2.61. The molecule has 0 spiro atoms. The fourth-order valence-corrected chi connectivity index (χ4v) is 3.85. The van der Waals surface area contributed by atoms with Crippen molar-refractivity contribution >= 4 is 27.5 Å². The summed E-state index contributed by atoms with van der Waals surface area (Å²) in [5.41, 5.74) is 1.14. The summed E-state index contributed by atoms with van der Waals surface area (Å²) in [5.74, 6) is -0.0308. The van der Waals surface area contributed by atoms with E-state index in [0.717, 1.165) is 16.3 Å². The molecule has 1 amide bonds. The van der Waals surface area contributed by atoms with Gasteiger partial charge in [0.15, 0.2) is 0 Å². The molecule has 27 heavy (non-hydrogen) atoms. The molecular formula is C20H25ClN2O3S. The van der Waals surface area contributed by atoms with Gasteiger partial charge in [0, 0.05) is 14.1 Å². The van der Waals surface area contributed by atoms with Gasteiger partial charge in [0.25, 0.3) is 5.91 Å². The molecule has 1 N–H and O–H groups in total. The fraction of sp³-hybridized carbons (Fsp3) is 0.350. The van der Waals surface area contributed by atoms with Crippen LogP contribution < -0.4 is 5.32 Å². The van der Waals surface area contributed by atoms with Gasteiger partial charge in [-0.25, -0.2) is 12.7 Å². The van der Waals surface area contributed by atoms with Crippen LogP contribution in [0.5, 0.6) is 0 Å². The molecule has 5 nitrogen and oxygen atoms in total. The first kappa shape index (κ1) is 21.4. The molecule has 2 rings (SSSR count). The van der Waals surface area contributed by atoms with E-state index in [4.69, 9.17) is 11.6 Å². The number of hydrogen-bond donors (Lipinski definition) is 1. The third-order valence-corrected chi connectivity index (χ3v) is 6.32. The van der Waals surface area contributed by atoms with Crippen molar-refractivity contribution in [1.29, 1.82) is 0 Å². The molecule has 2 aromatic carbocycles. The number of nitrogens with one attached hydrogen (secondary N) is 1. The van der Waals surface area contributed by atoms with Gasteiger partial charge in [0.1, 0.15) is 0 Å². The van der Waals surface area contributed by atoms with Crippen molar-refractivity contribution in [3.63, 3.8) is 0 Å². The monoisotopic (exact) mass is 408 g/mol. The van der Waals surface area contributed by atoms with Gasteiger partial charge in [-0.15, -0.1) is 0 Å². The first-order valence-corrected chi connectivity index (χ1v) is 10.5. The summed E-state index contributed by atoms with van der Waals surface area (Å²) in [6, 6.07) is 13.7. The highest BCUT2D eigenvalue weighted by Crippen LogP contribution is 2.25. The van der Waals surface area contributed by atoms with E-state index in [1.807, 2.05) is 30.3 Å². The molecule has 146 valence electrons. The maximum Gasteiger partial charge on any atom is 0.253 e. The quantitative estimate of drug-likeness (QED) is 0.749. The summed E-state index contributed by atoms with van der Waals surface area (Å²) in [7, 11) is -0.770. The SMILES string of the molecule is CC(C)C[C@@H](NC(=O)c1cc(S(=O)(=O)N(C)C)ccc1Cl)c1ccccc1. The largest absolute Gasteiger partial charge is 0.345 e. The zero-order chi connectivity index (χ0) is 20.2. The zero-order valence-electron chi connectivity index (χ0n) is 15.9. The Morgan fingerprint density at radius 3 is 2.30 bits per heavy atom. The lowest BCUT2D eigenvalue weighted by atomic mass is 9.96. The summed E-state index contributed by atoms with van der Waals surface area (Å²) in [6.07, 6.45) is 0.753. The number of carbonyl (C=O) groups excluding carboxylic acids is 1. The third kappa shape index (κ3) is 5.31. The van der Waals surface area contributed by atoms with E-state index < -0.39 is 15.9 Å².